The summed E-state index contributed by atoms with van der Waals surface area (Å²) >= 11 is 0. The number of hydrogen-bond acceptors (Lipinski definition) is 5. The van der Waals surface area contributed by atoms with Crippen LogP contribution >= 0.6 is 0 Å². The molecule has 0 unspecified atom stereocenters. The first kappa shape index (κ1) is 21.5. The number of fused-ring (bicyclic) bond motifs is 1. The van der Waals surface area contributed by atoms with Crippen molar-refractivity contribution in [1.82, 2.24) is 14.9 Å². The van der Waals surface area contributed by atoms with Crippen molar-refractivity contribution in [3.05, 3.63) is 76.7 Å². The summed E-state index contributed by atoms with van der Waals surface area (Å²) in [6, 6.07) is 12.8. The number of aryl methyl sites for hydroxylation is 1. The van der Waals surface area contributed by atoms with Gasteiger partial charge in [-0.3, -0.25) is 4.79 Å². The van der Waals surface area contributed by atoms with Crippen LogP contribution in [0.15, 0.2) is 54.2 Å². The lowest BCUT2D eigenvalue weighted by atomic mass is 10.1. The van der Waals surface area contributed by atoms with Crippen LogP contribution < -0.4 is 10.1 Å². The number of nitrogens with zero attached hydrogens (tertiary/aromatic N) is 3. The first-order valence-corrected chi connectivity index (χ1v) is 10.4. The number of rotatable bonds is 7. The second kappa shape index (κ2) is 9.18. The number of amides is 1. The minimum Gasteiger partial charge on any atom is -0.436 e. The number of anilines is 2. The first-order valence-electron chi connectivity index (χ1n) is 10.4. The van der Waals surface area contributed by atoms with E-state index in [0.717, 1.165) is 28.8 Å². The summed E-state index contributed by atoms with van der Waals surface area (Å²) in [6.45, 7) is 1.98. The van der Waals surface area contributed by atoms with Crippen LogP contribution in [-0.4, -0.2) is 34.9 Å². The number of hydrogen-bond donors (Lipinski definition) is 1. The Hall–Kier alpha value is -3.74. The summed E-state index contributed by atoms with van der Waals surface area (Å²) in [7, 11) is 3.50. The van der Waals surface area contributed by atoms with Crippen molar-refractivity contribution in [3.63, 3.8) is 0 Å². The molecule has 1 N–H and O–H groups in total. The maximum Gasteiger partial charge on any atom is 0.230 e. The minimum absolute atomic E-state index is 0.0842. The molecule has 1 heterocycles. The number of aromatic nitrogens is 2. The van der Waals surface area contributed by atoms with Crippen LogP contribution in [0.2, 0.25) is 0 Å². The quantitative estimate of drug-likeness (QED) is 0.561. The van der Waals surface area contributed by atoms with E-state index < -0.39 is 0 Å². The number of nitrogens with one attached hydrogen (secondary N) is 1. The molecular formula is C25H25FN4O2. The van der Waals surface area contributed by atoms with E-state index in [-0.39, 0.29) is 23.4 Å². The van der Waals surface area contributed by atoms with Crippen molar-refractivity contribution in [2.24, 2.45) is 0 Å². The van der Waals surface area contributed by atoms with Gasteiger partial charge in [-0.05, 0) is 49.1 Å². The number of ether oxygens (including phenoxy) is 1. The number of allylic oxidation sites excluding steroid dienone is 1. The molecular weight excluding hydrogens is 407 g/mol. The Kier molecular flexibility index (Phi) is 6.16. The van der Waals surface area contributed by atoms with E-state index in [4.69, 9.17) is 4.74 Å². The van der Waals surface area contributed by atoms with Gasteiger partial charge in [0.15, 0.2) is 11.6 Å². The molecule has 0 radical (unpaired) electrons. The lowest BCUT2D eigenvalue weighted by Crippen LogP contribution is -2.21. The van der Waals surface area contributed by atoms with Crippen LogP contribution in [-0.2, 0) is 17.6 Å². The molecule has 0 spiro atoms. The molecule has 7 heteroatoms. The van der Waals surface area contributed by atoms with Crippen molar-refractivity contribution in [3.8, 4) is 11.6 Å². The predicted molar refractivity (Wildman–Crippen MR) is 123 cm³/mol. The maximum atomic E-state index is 14.8. The molecule has 6 nitrogen and oxygen atoms in total. The summed E-state index contributed by atoms with van der Waals surface area (Å²) in [6.07, 6.45) is 5.25. The Labute approximate surface area is 186 Å². The van der Waals surface area contributed by atoms with Crippen LogP contribution in [0.25, 0.3) is 6.08 Å². The zero-order valence-corrected chi connectivity index (χ0v) is 18.4. The molecule has 0 saturated heterocycles. The van der Waals surface area contributed by atoms with Crippen LogP contribution in [0.4, 0.5) is 16.0 Å². The Bertz CT molecular complexity index is 1190. The van der Waals surface area contributed by atoms with Crippen LogP contribution in [0.1, 0.15) is 30.0 Å². The maximum absolute atomic E-state index is 14.8. The highest BCUT2D eigenvalue weighted by Crippen LogP contribution is 2.34. The Morgan fingerprint density at radius 3 is 2.88 bits per heavy atom. The predicted octanol–water partition coefficient (Wildman–Crippen LogP) is 5.13. The summed E-state index contributed by atoms with van der Waals surface area (Å²) in [4.78, 5) is 22.0. The van der Waals surface area contributed by atoms with Crippen LogP contribution in [0.5, 0.6) is 11.6 Å². The normalized spacial score (nSPS) is 12.2. The zero-order chi connectivity index (χ0) is 22.7. The summed E-state index contributed by atoms with van der Waals surface area (Å²) in [5.41, 5.74) is 4.49. The molecule has 0 bridgehead atoms. The van der Waals surface area contributed by atoms with Gasteiger partial charge < -0.3 is 15.0 Å². The van der Waals surface area contributed by atoms with Crippen molar-refractivity contribution < 1.29 is 13.9 Å². The zero-order valence-electron chi connectivity index (χ0n) is 18.4. The highest BCUT2D eigenvalue weighted by Gasteiger charge is 2.18. The molecule has 0 atom stereocenters. The van der Waals surface area contributed by atoms with Gasteiger partial charge in [-0.15, -0.1) is 0 Å². The topological polar surface area (TPSA) is 67.3 Å². The number of halogens is 1. The monoisotopic (exact) mass is 432 g/mol. The van der Waals surface area contributed by atoms with E-state index in [0.29, 0.717) is 24.4 Å². The second-order valence-corrected chi connectivity index (χ2v) is 8.05. The Morgan fingerprint density at radius 1 is 1.22 bits per heavy atom. The van der Waals surface area contributed by atoms with E-state index in [1.165, 1.54) is 0 Å². The van der Waals surface area contributed by atoms with Gasteiger partial charge in [-0.25, -0.2) is 9.37 Å². The number of benzene rings is 2. The molecule has 1 aliphatic rings. The molecule has 1 amide bonds. The fraction of sp³-hybridized carbons (Fsp3) is 0.240. The van der Waals surface area contributed by atoms with Crippen molar-refractivity contribution in [2.75, 3.05) is 19.4 Å². The van der Waals surface area contributed by atoms with E-state index in [9.17, 15) is 9.18 Å². The fourth-order valence-corrected chi connectivity index (χ4v) is 3.58. The molecule has 4 rings (SSSR count). The van der Waals surface area contributed by atoms with Crippen molar-refractivity contribution in [1.29, 1.82) is 0 Å². The average Bonchev–Trinajstić information content (AvgIpc) is 3.16. The van der Waals surface area contributed by atoms with Gasteiger partial charge in [-0.2, -0.15) is 4.98 Å². The first-order chi connectivity index (χ1) is 15.4. The molecule has 1 aromatic heterocycles. The Morgan fingerprint density at radius 2 is 2.06 bits per heavy atom. The van der Waals surface area contributed by atoms with Gasteiger partial charge in [0, 0.05) is 44.0 Å². The third kappa shape index (κ3) is 4.94. The highest BCUT2D eigenvalue weighted by atomic mass is 19.1. The van der Waals surface area contributed by atoms with Crippen molar-refractivity contribution >= 4 is 23.6 Å². The van der Waals surface area contributed by atoms with Crippen LogP contribution in [0, 0.1) is 5.82 Å². The van der Waals surface area contributed by atoms with Gasteiger partial charge >= 0.3 is 0 Å². The highest BCUT2D eigenvalue weighted by molar-refractivity contribution is 5.75. The fourth-order valence-electron chi connectivity index (χ4n) is 3.58. The smallest absolute Gasteiger partial charge is 0.230 e. The summed E-state index contributed by atoms with van der Waals surface area (Å²) in [5.74, 6) is 0.412. The van der Waals surface area contributed by atoms with Gasteiger partial charge in [0.25, 0.3) is 0 Å². The molecule has 32 heavy (non-hydrogen) atoms. The van der Waals surface area contributed by atoms with E-state index in [1.54, 1.807) is 37.3 Å². The number of carbonyl (C=O) groups is 1. The lowest BCUT2D eigenvalue weighted by molar-refractivity contribution is -0.128. The third-order valence-corrected chi connectivity index (χ3v) is 5.25. The minimum atomic E-state index is -0.382. The van der Waals surface area contributed by atoms with Gasteiger partial charge in [0.2, 0.25) is 17.7 Å². The summed E-state index contributed by atoms with van der Waals surface area (Å²) < 4.78 is 20.6. The molecule has 0 aliphatic heterocycles. The Balaban J connectivity index is 1.46. The lowest BCUT2D eigenvalue weighted by Gasteiger charge is -2.11. The van der Waals surface area contributed by atoms with Gasteiger partial charge in [-0.1, -0.05) is 29.8 Å². The standard InChI is InChI=1S/C25H25FN4O2/c1-16-13-18-8-9-21(24(26)20(18)14-16)32-22-11-12-27-25(29-22)28-19-6-4-5-17(15-19)7-10-23(31)30(2)3/h4-6,8-9,11-12,14-15H,7,10,13H2,1-3H3,(H,27,28,29). The van der Waals surface area contributed by atoms with Crippen LogP contribution in [0.3, 0.4) is 0 Å². The van der Waals surface area contributed by atoms with E-state index in [1.807, 2.05) is 43.3 Å². The van der Waals surface area contributed by atoms with Gasteiger partial charge in [0.1, 0.15) is 0 Å². The van der Waals surface area contributed by atoms with E-state index >= 15 is 0 Å². The average molecular weight is 432 g/mol. The molecule has 1 aliphatic carbocycles. The largest absolute Gasteiger partial charge is 0.436 e. The van der Waals surface area contributed by atoms with Crippen molar-refractivity contribution in [2.45, 2.75) is 26.2 Å². The van der Waals surface area contributed by atoms with E-state index in [2.05, 4.69) is 15.3 Å². The molecule has 0 fully saturated rings. The molecule has 2 aromatic carbocycles. The molecule has 164 valence electrons. The SMILES string of the molecule is CC1=Cc2c(ccc(Oc3ccnc(Nc4cccc(CCC(=O)N(C)C)c4)n3)c2F)C1. The molecule has 3 aromatic rings. The summed E-state index contributed by atoms with van der Waals surface area (Å²) in [5, 5.41) is 3.14. The number of carbonyl (C=O) groups excluding carboxylic acids is 1. The third-order valence-electron chi connectivity index (χ3n) is 5.25. The second-order valence-electron chi connectivity index (χ2n) is 8.05. The molecule has 0 saturated carbocycles. The van der Waals surface area contributed by atoms with Gasteiger partial charge in [0.05, 0.1) is 0 Å².